The predicted octanol–water partition coefficient (Wildman–Crippen LogP) is 3.59. The molecule has 0 atom stereocenters. The first-order valence-electron chi connectivity index (χ1n) is 8.46. The molecule has 2 aromatic rings. The number of rotatable bonds is 5. The first kappa shape index (κ1) is 17.2. The topological polar surface area (TPSA) is 37.4 Å². The van der Waals surface area contributed by atoms with Gasteiger partial charge >= 0.3 is 0 Å². The molecule has 1 aliphatic rings. The molecule has 0 amide bonds. The highest BCUT2D eigenvalue weighted by Gasteiger charge is 2.15. The first-order chi connectivity index (χ1) is 11.6. The summed E-state index contributed by atoms with van der Waals surface area (Å²) >= 11 is 6.04. The Balaban J connectivity index is 1.92. The zero-order valence-electron chi connectivity index (χ0n) is 14.3. The Bertz CT molecular complexity index is 667. The van der Waals surface area contributed by atoms with Gasteiger partial charge in [0.05, 0.1) is 6.10 Å². The third-order valence-corrected chi connectivity index (χ3v) is 4.33. The van der Waals surface area contributed by atoms with E-state index >= 15 is 0 Å². The monoisotopic (exact) mass is 345 g/mol. The molecule has 0 radical (unpaired) electrons. The molecular formula is C19H24ClN3O. The molecule has 0 saturated carbocycles. The van der Waals surface area contributed by atoms with Crippen molar-refractivity contribution in [3.8, 4) is 17.0 Å². The zero-order chi connectivity index (χ0) is 16.9. The van der Waals surface area contributed by atoms with Gasteiger partial charge in [-0.1, -0.05) is 23.7 Å². The van der Waals surface area contributed by atoms with Gasteiger partial charge in [-0.05, 0) is 42.7 Å². The van der Waals surface area contributed by atoms with E-state index in [1.807, 2.05) is 38.2 Å². The summed E-state index contributed by atoms with van der Waals surface area (Å²) in [4.78, 5) is 6.95. The lowest BCUT2D eigenvalue weighted by atomic mass is 10.0. The van der Waals surface area contributed by atoms with E-state index in [2.05, 4.69) is 27.3 Å². The molecule has 0 unspecified atom stereocenters. The number of piperazine rings is 1. The van der Waals surface area contributed by atoms with E-state index in [0.29, 0.717) is 5.88 Å². The largest absolute Gasteiger partial charge is 0.475 e. The van der Waals surface area contributed by atoms with Crippen LogP contribution in [0.3, 0.4) is 0 Å². The highest BCUT2D eigenvalue weighted by molar-refractivity contribution is 6.30. The molecule has 1 aromatic heterocycles. The van der Waals surface area contributed by atoms with Crippen LogP contribution in [-0.4, -0.2) is 42.2 Å². The summed E-state index contributed by atoms with van der Waals surface area (Å²) in [6, 6.07) is 10.0. The van der Waals surface area contributed by atoms with E-state index in [-0.39, 0.29) is 6.10 Å². The predicted molar refractivity (Wildman–Crippen MR) is 98.6 cm³/mol. The summed E-state index contributed by atoms with van der Waals surface area (Å²) in [6.45, 7) is 9.12. The Morgan fingerprint density at radius 2 is 1.92 bits per heavy atom. The normalized spacial score (nSPS) is 15.7. The van der Waals surface area contributed by atoms with E-state index in [1.54, 1.807) is 0 Å². The van der Waals surface area contributed by atoms with Gasteiger partial charge in [0.25, 0.3) is 0 Å². The van der Waals surface area contributed by atoms with Crippen molar-refractivity contribution in [3.63, 3.8) is 0 Å². The van der Waals surface area contributed by atoms with Gasteiger partial charge in [0.2, 0.25) is 5.88 Å². The highest BCUT2D eigenvalue weighted by Crippen LogP contribution is 2.29. The third-order valence-electron chi connectivity index (χ3n) is 4.08. The lowest BCUT2D eigenvalue weighted by Crippen LogP contribution is -2.42. The molecule has 1 aromatic carbocycles. The van der Waals surface area contributed by atoms with Crippen molar-refractivity contribution in [3.05, 3.63) is 47.1 Å². The number of nitrogens with one attached hydrogen (secondary N) is 1. The second kappa shape index (κ2) is 7.97. The number of benzene rings is 1. The van der Waals surface area contributed by atoms with Crippen molar-refractivity contribution < 1.29 is 4.74 Å². The second-order valence-corrected chi connectivity index (χ2v) is 6.82. The van der Waals surface area contributed by atoms with E-state index in [4.69, 9.17) is 16.3 Å². The Hall–Kier alpha value is -1.62. The van der Waals surface area contributed by atoms with Crippen molar-refractivity contribution in [2.45, 2.75) is 26.5 Å². The molecule has 1 aliphatic heterocycles. The summed E-state index contributed by atoms with van der Waals surface area (Å²) < 4.78 is 5.78. The maximum absolute atomic E-state index is 6.04. The van der Waals surface area contributed by atoms with Gasteiger partial charge < -0.3 is 10.1 Å². The molecule has 0 aliphatic carbocycles. The summed E-state index contributed by atoms with van der Waals surface area (Å²) in [6.07, 6.45) is 2.05. The third kappa shape index (κ3) is 4.47. The lowest BCUT2D eigenvalue weighted by molar-refractivity contribution is 0.228. The molecule has 1 fully saturated rings. The summed E-state index contributed by atoms with van der Waals surface area (Å²) in [5.41, 5.74) is 3.52. The molecule has 1 saturated heterocycles. The van der Waals surface area contributed by atoms with Gasteiger partial charge in [-0.2, -0.15) is 0 Å². The molecule has 1 N–H and O–H groups in total. The van der Waals surface area contributed by atoms with Crippen molar-refractivity contribution in [1.29, 1.82) is 0 Å². The Morgan fingerprint density at radius 3 is 2.58 bits per heavy atom. The lowest BCUT2D eigenvalue weighted by Gasteiger charge is -2.28. The number of pyridine rings is 1. The van der Waals surface area contributed by atoms with Gasteiger partial charge in [0, 0.05) is 50.0 Å². The van der Waals surface area contributed by atoms with Crippen LogP contribution in [-0.2, 0) is 6.54 Å². The molecule has 5 heteroatoms. The average Bonchev–Trinajstić information content (AvgIpc) is 2.57. The van der Waals surface area contributed by atoms with Crippen LogP contribution in [0.1, 0.15) is 19.4 Å². The Labute approximate surface area is 148 Å². The minimum Gasteiger partial charge on any atom is -0.475 e. The van der Waals surface area contributed by atoms with Crippen molar-refractivity contribution in [1.82, 2.24) is 15.2 Å². The fourth-order valence-electron chi connectivity index (χ4n) is 2.90. The second-order valence-electron chi connectivity index (χ2n) is 6.38. The van der Waals surface area contributed by atoms with E-state index in [1.165, 1.54) is 5.56 Å². The fraction of sp³-hybridized carbons (Fsp3) is 0.421. The van der Waals surface area contributed by atoms with Gasteiger partial charge in [-0.3, -0.25) is 4.90 Å². The summed E-state index contributed by atoms with van der Waals surface area (Å²) in [5, 5.41) is 4.14. The van der Waals surface area contributed by atoms with Crippen molar-refractivity contribution >= 4 is 11.6 Å². The van der Waals surface area contributed by atoms with Crippen LogP contribution in [0.2, 0.25) is 5.02 Å². The maximum atomic E-state index is 6.04. The molecule has 0 bridgehead atoms. The Morgan fingerprint density at radius 1 is 1.21 bits per heavy atom. The quantitative estimate of drug-likeness (QED) is 0.898. The van der Waals surface area contributed by atoms with Gasteiger partial charge in [-0.15, -0.1) is 0 Å². The summed E-state index contributed by atoms with van der Waals surface area (Å²) in [7, 11) is 0. The van der Waals surface area contributed by atoms with E-state index in [9.17, 15) is 0 Å². The zero-order valence-corrected chi connectivity index (χ0v) is 15.0. The van der Waals surface area contributed by atoms with Gasteiger partial charge in [0.1, 0.15) is 0 Å². The van der Waals surface area contributed by atoms with Crippen LogP contribution in [0.4, 0.5) is 0 Å². The van der Waals surface area contributed by atoms with Crippen LogP contribution < -0.4 is 10.1 Å². The molecule has 0 spiro atoms. The molecule has 4 nitrogen and oxygen atoms in total. The van der Waals surface area contributed by atoms with Crippen LogP contribution in [0, 0.1) is 0 Å². The number of hydrogen-bond donors (Lipinski definition) is 1. The SMILES string of the molecule is CC(C)Oc1cc(-c2ccc(Cl)cc2)c(CN2CCNCC2)cn1. The van der Waals surface area contributed by atoms with Crippen molar-refractivity contribution in [2.24, 2.45) is 0 Å². The molecule has 128 valence electrons. The molecular weight excluding hydrogens is 322 g/mol. The average molecular weight is 346 g/mol. The highest BCUT2D eigenvalue weighted by atomic mass is 35.5. The number of nitrogens with zero attached hydrogens (tertiary/aromatic N) is 2. The van der Waals surface area contributed by atoms with Crippen LogP contribution in [0.15, 0.2) is 36.5 Å². The number of ether oxygens (including phenoxy) is 1. The molecule has 24 heavy (non-hydrogen) atoms. The van der Waals surface area contributed by atoms with E-state index < -0.39 is 0 Å². The molecule has 2 heterocycles. The fourth-order valence-corrected chi connectivity index (χ4v) is 3.03. The molecule has 3 rings (SSSR count). The van der Waals surface area contributed by atoms with Crippen LogP contribution >= 0.6 is 11.6 Å². The number of halogens is 1. The standard InChI is InChI=1S/C19H24ClN3O/c1-14(2)24-19-11-18(15-3-5-17(20)6-4-15)16(12-22-19)13-23-9-7-21-8-10-23/h3-6,11-12,14,21H,7-10,13H2,1-2H3. The maximum Gasteiger partial charge on any atom is 0.214 e. The Kier molecular flexibility index (Phi) is 5.72. The first-order valence-corrected chi connectivity index (χ1v) is 8.84. The van der Waals surface area contributed by atoms with Crippen LogP contribution in [0.5, 0.6) is 5.88 Å². The smallest absolute Gasteiger partial charge is 0.214 e. The number of aromatic nitrogens is 1. The minimum atomic E-state index is 0.106. The van der Waals surface area contributed by atoms with Crippen molar-refractivity contribution in [2.75, 3.05) is 26.2 Å². The van der Waals surface area contributed by atoms with Gasteiger partial charge in [-0.25, -0.2) is 4.98 Å². The summed E-state index contributed by atoms with van der Waals surface area (Å²) in [5.74, 6) is 0.666. The number of hydrogen-bond acceptors (Lipinski definition) is 4. The van der Waals surface area contributed by atoms with E-state index in [0.717, 1.165) is 48.9 Å². The minimum absolute atomic E-state index is 0.106. The van der Waals surface area contributed by atoms with Crippen LogP contribution in [0.25, 0.3) is 11.1 Å². The van der Waals surface area contributed by atoms with Gasteiger partial charge in [0.15, 0.2) is 0 Å².